The quantitative estimate of drug-likeness (QED) is 0.790. The second-order valence-corrected chi connectivity index (χ2v) is 5.12. The summed E-state index contributed by atoms with van der Waals surface area (Å²) in [5.74, 6) is -0.0974. The summed E-state index contributed by atoms with van der Waals surface area (Å²) in [7, 11) is 1.45. The molecule has 108 valence electrons. The fraction of sp³-hybridized carbons (Fsp3) is 0.467. The minimum Gasteiger partial charge on any atom is -0.496 e. The molecule has 4 nitrogen and oxygen atoms in total. The van der Waals surface area contributed by atoms with Crippen LogP contribution in [0.1, 0.15) is 23.7 Å². The largest absolute Gasteiger partial charge is 0.496 e. The minimum atomic E-state index is -0.462. The van der Waals surface area contributed by atoms with E-state index in [-0.39, 0.29) is 29.6 Å². The van der Waals surface area contributed by atoms with Crippen LogP contribution in [0.5, 0.6) is 5.75 Å². The first-order valence-electron chi connectivity index (χ1n) is 6.63. The number of rotatable bonds is 4. The molecule has 1 aromatic carbocycles. The van der Waals surface area contributed by atoms with Gasteiger partial charge in [0, 0.05) is 25.4 Å². The van der Waals surface area contributed by atoms with Crippen molar-refractivity contribution in [1.29, 1.82) is 0 Å². The monoisotopic (exact) mass is 279 g/mol. The molecular formula is C15H18FNO3. The Balaban J connectivity index is 2.09. The van der Waals surface area contributed by atoms with Gasteiger partial charge in [-0.15, -0.1) is 0 Å². The van der Waals surface area contributed by atoms with Crippen molar-refractivity contribution in [3.63, 3.8) is 0 Å². The number of ether oxygens (including phenoxy) is 1. The predicted octanol–water partition coefficient (Wildman–Crippen LogP) is 1.93. The Hall–Kier alpha value is -1.75. The van der Waals surface area contributed by atoms with E-state index in [4.69, 9.17) is 4.74 Å². The maximum absolute atomic E-state index is 13.3. The van der Waals surface area contributed by atoms with Gasteiger partial charge in [0.25, 0.3) is 0 Å². The zero-order chi connectivity index (χ0) is 14.7. The van der Waals surface area contributed by atoms with Gasteiger partial charge in [0.15, 0.2) is 5.78 Å². The molecule has 5 heteroatoms. The molecule has 1 atom stereocenters. The molecule has 1 aliphatic rings. The van der Waals surface area contributed by atoms with Crippen molar-refractivity contribution in [2.45, 2.75) is 13.3 Å². The van der Waals surface area contributed by atoms with E-state index in [1.54, 1.807) is 0 Å². The molecule has 0 saturated carbocycles. The third kappa shape index (κ3) is 3.22. The Morgan fingerprint density at radius 3 is 2.90 bits per heavy atom. The molecule has 0 amide bonds. The smallest absolute Gasteiger partial charge is 0.180 e. The van der Waals surface area contributed by atoms with Crippen LogP contribution in [0.2, 0.25) is 0 Å². The number of carbonyl (C=O) groups is 2. The Morgan fingerprint density at radius 1 is 1.50 bits per heavy atom. The lowest BCUT2D eigenvalue weighted by atomic mass is 9.98. The van der Waals surface area contributed by atoms with Crippen molar-refractivity contribution in [2.75, 3.05) is 26.7 Å². The van der Waals surface area contributed by atoms with Crippen LogP contribution < -0.4 is 4.74 Å². The number of likely N-dealkylation sites (tertiary alicyclic amines) is 1. The number of carbonyl (C=O) groups excluding carboxylic acids is 2. The van der Waals surface area contributed by atoms with E-state index in [0.717, 1.165) is 0 Å². The molecule has 0 radical (unpaired) electrons. The van der Waals surface area contributed by atoms with E-state index >= 15 is 0 Å². The topological polar surface area (TPSA) is 46.6 Å². The summed E-state index contributed by atoms with van der Waals surface area (Å²) in [6.45, 7) is 3.19. The molecule has 1 aromatic rings. The van der Waals surface area contributed by atoms with E-state index in [1.807, 2.05) is 11.8 Å². The fourth-order valence-electron chi connectivity index (χ4n) is 2.43. The Kier molecular flexibility index (Phi) is 4.49. The molecule has 1 unspecified atom stereocenters. The van der Waals surface area contributed by atoms with Crippen molar-refractivity contribution >= 4 is 11.6 Å². The molecule has 0 aliphatic carbocycles. The summed E-state index contributed by atoms with van der Waals surface area (Å²) in [6.07, 6.45) is 0.467. The lowest BCUT2D eigenvalue weighted by Gasteiger charge is -2.29. The van der Waals surface area contributed by atoms with E-state index < -0.39 is 5.82 Å². The first-order chi connectivity index (χ1) is 9.51. The van der Waals surface area contributed by atoms with Gasteiger partial charge in [0.05, 0.1) is 19.2 Å². The van der Waals surface area contributed by atoms with Gasteiger partial charge in [-0.1, -0.05) is 6.92 Å². The molecule has 1 heterocycles. The molecule has 1 saturated heterocycles. The molecule has 0 bridgehead atoms. The summed E-state index contributed by atoms with van der Waals surface area (Å²) >= 11 is 0. The van der Waals surface area contributed by atoms with Crippen molar-refractivity contribution < 1.29 is 18.7 Å². The first kappa shape index (κ1) is 14.7. The van der Waals surface area contributed by atoms with Crippen LogP contribution in [0, 0.1) is 11.7 Å². The van der Waals surface area contributed by atoms with Crippen LogP contribution in [0.15, 0.2) is 18.2 Å². The first-order valence-corrected chi connectivity index (χ1v) is 6.63. The number of halogens is 1. The van der Waals surface area contributed by atoms with Crippen LogP contribution >= 0.6 is 0 Å². The second-order valence-electron chi connectivity index (χ2n) is 5.12. The van der Waals surface area contributed by atoms with Crippen molar-refractivity contribution in [1.82, 2.24) is 4.90 Å². The zero-order valence-corrected chi connectivity index (χ0v) is 11.7. The van der Waals surface area contributed by atoms with Gasteiger partial charge in [-0.05, 0) is 18.2 Å². The van der Waals surface area contributed by atoms with Crippen LogP contribution in [-0.4, -0.2) is 43.2 Å². The number of piperidine rings is 1. The average molecular weight is 279 g/mol. The number of ketones is 2. The molecule has 2 rings (SSSR count). The second kappa shape index (κ2) is 6.13. The molecule has 1 fully saturated rings. The van der Waals surface area contributed by atoms with Gasteiger partial charge in [-0.3, -0.25) is 14.5 Å². The molecule has 1 aliphatic heterocycles. The highest BCUT2D eigenvalue weighted by atomic mass is 19.1. The number of Topliss-reactive ketones (excluding diaryl/α,β-unsaturated/α-hetero) is 2. The number of benzene rings is 1. The number of nitrogens with zero attached hydrogens (tertiary/aromatic N) is 1. The number of hydrogen-bond acceptors (Lipinski definition) is 4. The highest BCUT2D eigenvalue weighted by Crippen LogP contribution is 2.21. The number of hydrogen-bond donors (Lipinski definition) is 0. The highest BCUT2D eigenvalue weighted by Gasteiger charge is 2.25. The van der Waals surface area contributed by atoms with Gasteiger partial charge in [-0.25, -0.2) is 4.39 Å². The summed E-state index contributed by atoms with van der Waals surface area (Å²) in [5, 5.41) is 0. The predicted molar refractivity (Wildman–Crippen MR) is 72.5 cm³/mol. The standard InChI is InChI=1S/C15H18FNO3/c1-10-8-17(6-5-13(10)18)9-14(19)12-7-11(16)3-4-15(12)20-2/h3-4,7,10H,5-6,8-9H2,1-2H3. The van der Waals surface area contributed by atoms with Crippen LogP contribution in [0.4, 0.5) is 4.39 Å². The molecule has 0 N–H and O–H groups in total. The summed E-state index contributed by atoms with van der Waals surface area (Å²) < 4.78 is 18.4. The minimum absolute atomic E-state index is 0.0500. The van der Waals surface area contributed by atoms with E-state index in [1.165, 1.54) is 25.3 Å². The lowest BCUT2D eigenvalue weighted by molar-refractivity contribution is -0.125. The molecular weight excluding hydrogens is 261 g/mol. The Bertz CT molecular complexity index is 530. The Labute approximate surface area is 117 Å². The lowest BCUT2D eigenvalue weighted by Crippen LogP contribution is -2.42. The summed E-state index contributed by atoms with van der Waals surface area (Å²) in [4.78, 5) is 25.6. The van der Waals surface area contributed by atoms with Crippen LogP contribution in [-0.2, 0) is 4.79 Å². The maximum Gasteiger partial charge on any atom is 0.180 e. The normalized spacial score (nSPS) is 19.9. The average Bonchev–Trinajstić information content (AvgIpc) is 2.43. The van der Waals surface area contributed by atoms with Crippen molar-refractivity contribution in [3.05, 3.63) is 29.6 Å². The van der Waals surface area contributed by atoms with Crippen molar-refractivity contribution in [2.24, 2.45) is 5.92 Å². The van der Waals surface area contributed by atoms with Gasteiger partial charge >= 0.3 is 0 Å². The van der Waals surface area contributed by atoms with Gasteiger partial charge in [-0.2, -0.15) is 0 Å². The van der Waals surface area contributed by atoms with Gasteiger partial charge in [0.2, 0.25) is 0 Å². The number of methoxy groups -OCH3 is 1. The molecule has 20 heavy (non-hydrogen) atoms. The zero-order valence-electron chi connectivity index (χ0n) is 11.7. The SMILES string of the molecule is COc1ccc(F)cc1C(=O)CN1CCC(=O)C(C)C1. The third-order valence-corrected chi connectivity index (χ3v) is 3.59. The summed E-state index contributed by atoms with van der Waals surface area (Å²) in [6, 6.07) is 3.90. The highest BCUT2D eigenvalue weighted by molar-refractivity contribution is 6.00. The summed E-state index contributed by atoms with van der Waals surface area (Å²) in [5.41, 5.74) is 0.247. The van der Waals surface area contributed by atoms with E-state index in [9.17, 15) is 14.0 Å². The van der Waals surface area contributed by atoms with E-state index in [2.05, 4.69) is 0 Å². The third-order valence-electron chi connectivity index (χ3n) is 3.59. The molecule has 0 aromatic heterocycles. The molecule has 0 spiro atoms. The van der Waals surface area contributed by atoms with Gasteiger partial charge in [0.1, 0.15) is 17.3 Å². The van der Waals surface area contributed by atoms with Crippen LogP contribution in [0.3, 0.4) is 0 Å². The fourth-order valence-corrected chi connectivity index (χ4v) is 2.43. The van der Waals surface area contributed by atoms with Crippen LogP contribution in [0.25, 0.3) is 0 Å². The van der Waals surface area contributed by atoms with E-state index in [0.29, 0.717) is 25.3 Å². The van der Waals surface area contributed by atoms with Gasteiger partial charge < -0.3 is 4.74 Å². The Morgan fingerprint density at radius 2 is 2.25 bits per heavy atom. The maximum atomic E-state index is 13.3. The van der Waals surface area contributed by atoms with Crippen molar-refractivity contribution in [3.8, 4) is 5.75 Å².